The highest BCUT2D eigenvalue weighted by molar-refractivity contribution is 5.88. The number of benzene rings is 2. The molecule has 2 aromatic rings. The Morgan fingerprint density at radius 3 is 2.34 bits per heavy atom. The lowest BCUT2D eigenvalue weighted by atomic mass is 9.98. The van der Waals surface area contributed by atoms with Crippen LogP contribution in [-0.4, -0.2) is 52.7 Å². The van der Waals surface area contributed by atoms with Crippen LogP contribution in [0.25, 0.3) is 11.1 Å². The summed E-state index contributed by atoms with van der Waals surface area (Å²) in [7, 11) is 0. The number of likely N-dealkylation sites (tertiary alicyclic amines) is 1. The van der Waals surface area contributed by atoms with Crippen LogP contribution in [-0.2, 0) is 14.3 Å². The monoisotopic (exact) mass is 478 g/mol. The third kappa shape index (κ3) is 5.04. The summed E-state index contributed by atoms with van der Waals surface area (Å²) in [5.74, 6) is -1.27. The summed E-state index contributed by atoms with van der Waals surface area (Å²) in [5, 5.41) is 12.5. The van der Waals surface area contributed by atoms with Crippen LogP contribution < -0.4 is 5.32 Å². The molecule has 2 N–H and O–H groups in total. The molecule has 0 spiro atoms. The average molecular weight is 479 g/mol. The van der Waals surface area contributed by atoms with Crippen LogP contribution >= 0.6 is 0 Å². The SMILES string of the molecule is CCCCC(CC(=O)N1CCC[C@@]1(C)C(=O)O)NC(=O)OCC1c2ccccc2-c2ccccc21. The van der Waals surface area contributed by atoms with Crippen molar-refractivity contribution in [2.75, 3.05) is 13.2 Å². The zero-order valence-electron chi connectivity index (χ0n) is 20.5. The van der Waals surface area contributed by atoms with Gasteiger partial charge in [0.05, 0.1) is 0 Å². The Bertz CT molecular complexity index is 1050. The number of hydrogen-bond acceptors (Lipinski definition) is 4. The molecule has 7 nitrogen and oxygen atoms in total. The average Bonchev–Trinajstić information content (AvgIpc) is 3.40. The van der Waals surface area contributed by atoms with Crippen molar-refractivity contribution in [1.82, 2.24) is 10.2 Å². The van der Waals surface area contributed by atoms with Gasteiger partial charge in [-0.2, -0.15) is 0 Å². The van der Waals surface area contributed by atoms with E-state index in [0.717, 1.165) is 35.1 Å². The maximum atomic E-state index is 13.0. The normalized spacial score (nSPS) is 19.7. The van der Waals surface area contributed by atoms with Gasteiger partial charge in [0.25, 0.3) is 0 Å². The fourth-order valence-corrected chi connectivity index (χ4v) is 5.39. The van der Waals surface area contributed by atoms with Gasteiger partial charge in [0.15, 0.2) is 0 Å². The van der Waals surface area contributed by atoms with Gasteiger partial charge in [-0.05, 0) is 48.4 Å². The lowest BCUT2D eigenvalue weighted by molar-refractivity contribution is -0.155. The molecule has 2 amide bonds. The predicted molar refractivity (Wildman–Crippen MR) is 133 cm³/mol. The van der Waals surface area contributed by atoms with E-state index in [0.29, 0.717) is 25.8 Å². The van der Waals surface area contributed by atoms with Crippen molar-refractivity contribution in [1.29, 1.82) is 0 Å². The van der Waals surface area contributed by atoms with E-state index in [4.69, 9.17) is 4.74 Å². The first-order chi connectivity index (χ1) is 16.8. The lowest BCUT2D eigenvalue weighted by Crippen LogP contribution is -2.52. The Morgan fingerprint density at radius 1 is 1.11 bits per heavy atom. The number of nitrogens with one attached hydrogen (secondary N) is 1. The van der Waals surface area contributed by atoms with Crippen LogP contribution in [0, 0.1) is 0 Å². The highest BCUT2D eigenvalue weighted by Crippen LogP contribution is 2.44. The number of carbonyl (C=O) groups excluding carboxylic acids is 2. The Labute approximate surface area is 206 Å². The highest BCUT2D eigenvalue weighted by Gasteiger charge is 2.46. The first-order valence-electron chi connectivity index (χ1n) is 12.5. The van der Waals surface area contributed by atoms with Crippen LogP contribution in [0.2, 0.25) is 0 Å². The fraction of sp³-hybridized carbons (Fsp3) is 0.464. The maximum absolute atomic E-state index is 13.0. The zero-order chi connectivity index (χ0) is 25.0. The summed E-state index contributed by atoms with van der Waals surface area (Å²) in [5.41, 5.74) is 3.42. The minimum absolute atomic E-state index is 0.0373. The van der Waals surface area contributed by atoms with E-state index >= 15 is 0 Å². The van der Waals surface area contributed by atoms with Crippen LogP contribution in [0.4, 0.5) is 4.79 Å². The third-order valence-corrected chi connectivity index (χ3v) is 7.40. The molecule has 0 bridgehead atoms. The largest absolute Gasteiger partial charge is 0.480 e. The number of unbranched alkanes of at least 4 members (excludes halogenated alkanes) is 1. The smallest absolute Gasteiger partial charge is 0.407 e. The molecule has 1 aliphatic carbocycles. The van der Waals surface area contributed by atoms with Crippen molar-refractivity contribution in [3.8, 4) is 11.1 Å². The van der Waals surface area contributed by atoms with E-state index in [-0.39, 0.29) is 24.9 Å². The van der Waals surface area contributed by atoms with Crippen molar-refractivity contribution in [2.45, 2.75) is 69.9 Å². The molecule has 35 heavy (non-hydrogen) atoms. The second-order valence-corrected chi connectivity index (χ2v) is 9.74. The molecule has 1 unspecified atom stereocenters. The van der Waals surface area contributed by atoms with E-state index in [1.807, 2.05) is 31.2 Å². The standard InChI is InChI=1S/C28H34N2O5/c1-3-4-10-19(17-25(31)30-16-9-15-28(30,2)26(32)33)29-27(34)35-18-24-22-13-7-5-11-20(22)21-12-6-8-14-23(21)24/h5-8,11-14,19,24H,3-4,9-10,15-18H2,1-2H3,(H,29,34)(H,32,33)/t19?,28-/m0/s1. The van der Waals surface area contributed by atoms with Crippen molar-refractivity contribution in [2.24, 2.45) is 0 Å². The molecule has 1 heterocycles. The molecule has 7 heteroatoms. The first kappa shape index (κ1) is 24.8. The Balaban J connectivity index is 1.40. The number of ether oxygens (including phenoxy) is 1. The molecule has 1 saturated heterocycles. The van der Waals surface area contributed by atoms with Crippen molar-refractivity contribution in [3.63, 3.8) is 0 Å². The van der Waals surface area contributed by atoms with Crippen molar-refractivity contribution in [3.05, 3.63) is 59.7 Å². The zero-order valence-corrected chi connectivity index (χ0v) is 20.5. The van der Waals surface area contributed by atoms with Crippen molar-refractivity contribution < 1.29 is 24.2 Å². The van der Waals surface area contributed by atoms with Crippen LogP contribution in [0.15, 0.2) is 48.5 Å². The minimum Gasteiger partial charge on any atom is -0.480 e. The van der Waals surface area contributed by atoms with Gasteiger partial charge in [0.1, 0.15) is 12.1 Å². The van der Waals surface area contributed by atoms with Gasteiger partial charge >= 0.3 is 12.1 Å². The van der Waals surface area contributed by atoms with Crippen LogP contribution in [0.1, 0.15) is 69.4 Å². The molecular formula is C28H34N2O5. The summed E-state index contributed by atoms with van der Waals surface area (Å²) in [6, 6.07) is 15.9. The quantitative estimate of drug-likeness (QED) is 0.532. The van der Waals surface area contributed by atoms with E-state index < -0.39 is 23.6 Å². The summed E-state index contributed by atoms with van der Waals surface area (Å²) < 4.78 is 5.67. The number of aliphatic carboxylic acids is 1. The maximum Gasteiger partial charge on any atom is 0.407 e. The number of fused-ring (bicyclic) bond motifs is 3. The first-order valence-corrected chi connectivity index (χ1v) is 12.5. The number of carboxylic acid groups (broad SMARTS) is 1. The highest BCUT2D eigenvalue weighted by atomic mass is 16.5. The molecule has 0 radical (unpaired) electrons. The molecule has 1 aliphatic heterocycles. The molecule has 4 rings (SSSR count). The van der Waals surface area contributed by atoms with E-state index in [9.17, 15) is 19.5 Å². The van der Waals surface area contributed by atoms with Crippen LogP contribution in [0.5, 0.6) is 0 Å². The Morgan fingerprint density at radius 2 is 1.74 bits per heavy atom. The van der Waals surface area contributed by atoms with Gasteiger partial charge in [-0.15, -0.1) is 0 Å². The van der Waals surface area contributed by atoms with Gasteiger partial charge in [-0.3, -0.25) is 4.79 Å². The molecule has 1 fully saturated rings. The minimum atomic E-state index is -1.18. The van der Waals surface area contributed by atoms with Gasteiger partial charge in [-0.25, -0.2) is 9.59 Å². The summed E-state index contributed by atoms with van der Waals surface area (Å²) in [6.45, 7) is 4.28. The number of carbonyl (C=O) groups is 3. The molecule has 2 aromatic carbocycles. The molecule has 0 saturated carbocycles. The summed E-state index contributed by atoms with van der Waals surface area (Å²) in [4.78, 5) is 39.0. The van der Waals surface area contributed by atoms with Gasteiger partial charge in [0.2, 0.25) is 5.91 Å². The van der Waals surface area contributed by atoms with Crippen LogP contribution in [0.3, 0.4) is 0 Å². The molecular weight excluding hydrogens is 444 g/mol. The number of alkyl carbamates (subject to hydrolysis) is 1. The molecule has 2 aliphatic rings. The van der Waals surface area contributed by atoms with E-state index in [1.165, 1.54) is 4.90 Å². The Kier molecular flexibility index (Phi) is 7.43. The third-order valence-electron chi connectivity index (χ3n) is 7.40. The fourth-order valence-electron chi connectivity index (χ4n) is 5.39. The molecule has 2 atom stereocenters. The van der Waals surface area contributed by atoms with Gasteiger partial charge in [-0.1, -0.05) is 68.3 Å². The second kappa shape index (κ2) is 10.5. The van der Waals surface area contributed by atoms with E-state index in [1.54, 1.807) is 6.92 Å². The summed E-state index contributed by atoms with van der Waals surface area (Å²) in [6.07, 6.45) is 3.01. The van der Waals surface area contributed by atoms with Gasteiger partial charge < -0.3 is 20.1 Å². The number of hydrogen-bond donors (Lipinski definition) is 2. The molecule has 0 aromatic heterocycles. The number of nitrogens with zero attached hydrogens (tertiary/aromatic N) is 1. The van der Waals surface area contributed by atoms with Gasteiger partial charge in [0, 0.05) is 24.9 Å². The Hall–Kier alpha value is -3.35. The predicted octanol–water partition coefficient (Wildman–Crippen LogP) is 4.94. The second-order valence-electron chi connectivity index (χ2n) is 9.74. The number of rotatable bonds is 9. The van der Waals surface area contributed by atoms with Crippen molar-refractivity contribution >= 4 is 18.0 Å². The van der Waals surface area contributed by atoms with E-state index in [2.05, 4.69) is 29.6 Å². The topological polar surface area (TPSA) is 95.9 Å². The molecule has 186 valence electrons. The number of amides is 2. The summed E-state index contributed by atoms with van der Waals surface area (Å²) >= 11 is 0. The lowest BCUT2D eigenvalue weighted by Gasteiger charge is -2.32. The number of carboxylic acids is 1.